The smallest absolute Gasteiger partial charge is 0.260 e. The maximum Gasteiger partial charge on any atom is 0.260 e. The lowest BCUT2D eigenvalue weighted by molar-refractivity contribution is -0.138. The number of amides is 4. The number of halogens is 2. The molecule has 5 aromatic rings. The van der Waals surface area contributed by atoms with Gasteiger partial charge in [-0.1, -0.05) is 41.4 Å². The van der Waals surface area contributed by atoms with Crippen molar-refractivity contribution in [3.63, 3.8) is 0 Å². The van der Waals surface area contributed by atoms with Crippen molar-refractivity contribution in [3.8, 4) is 11.5 Å². The van der Waals surface area contributed by atoms with Gasteiger partial charge in [0.25, 0.3) is 11.8 Å². The number of fused-ring (bicyclic) bond motifs is 4. The third-order valence-corrected chi connectivity index (χ3v) is 12.8. The molecule has 3 fully saturated rings. The number of imide groups is 2. The molecule has 2 N–H and O–H groups in total. The van der Waals surface area contributed by atoms with Crippen molar-refractivity contribution in [1.82, 2.24) is 5.01 Å². The van der Waals surface area contributed by atoms with Crippen LogP contribution in [0, 0.1) is 29.5 Å². The molecule has 4 amide bonds. The second-order valence-corrected chi connectivity index (χ2v) is 16.4. The van der Waals surface area contributed by atoms with E-state index in [-0.39, 0.29) is 24.5 Å². The van der Waals surface area contributed by atoms with E-state index in [9.17, 15) is 23.9 Å². The van der Waals surface area contributed by atoms with Crippen LogP contribution in [0.2, 0.25) is 5.02 Å². The maximum atomic E-state index is 15.4. The van der Waals surface area contributed by atoms with Crippen molar-refractivity contribution < 1.29 is 33.4 Å². The number of benzene rings is 5. The number of anilines is 3. The maximum absolute atomic E-state index is 15.4. The van der Waals surface area contributed by atoms with E-state index < -0.39 is 58.5 Å². The first-order valence-corrected chi connectivity index (χ1v) is 20.2. The first-order valence-electron chi connectivity index (χ1n) is 19.8. The number of allylic oxidation sites excluding steroid dienone is 2. The number of nitrogens with zero attached hydrogens (tertiary/aromatic N) is 5. The Kier molecular flexibility index (Phi) is 9.94. The first kappa shape index (κ1) is 39.6. The van der Waals surface area contributed by atoms with Gasteiger partial charge in [0.05, 0.1) is 53.0 Å². The molecular weight excluding hydrogens is 799 g/mol. The zero-order chi connectivity index (χ0) is 42.7. The molecule has 5 aromatic carbocycles. The number of hydrogen-bond donors (Lipinski definition) is 2. The molecule has 6 atom stereocenters. The van der Waals surface area contributed by atoms with Crippen molar-refractivity contribution in [2.45, 2.75) is 24.2 Å². The quantitative estimate of drug-likeness (QED) is 0.0852. The van der Waals surface area contributed by atoms with Crippen molar-refractivity contribution in [3.05, 3.63) is 149 Å². The van der Waals surface area contributed by atoms with Crippen LogP contribution in [0.5, 0.6) is 11.5 Å². The van der Waals surface area contributed by atoms with Crippen molar-refractivity contribution in [2.75, 3.05) is 36.4 Å². The Morgan fingerprint density at radius 1 is 0.820 bits per heavy atom. The molecule has 12 nitrogen and oxygen atoms in total. The molecule has 2 saturated heterocycles. The molecule has 6 unspecified atom stereocenters. The normalized spacial score (nSPS) is 24.4. The number of nitrogens with one attached hydrogen (secondary N) is 1. The number of aromatic hydroxyl groups is 1. The molecule has 0 spiro atoms. The van der Waals surface area contributed by atoms with Gasteiger partial charge in [-0.3, -0.25) is 29.5 Å². The number of azo groups is 1. The predicted molar refractivity (Wildman–Crippen MR) is 228 cm³/mol. The van der Waals surface area contributed by atoms with Crippen LogP contribution < -0.4 is 20.0 Å². The van der Waals surface area contributed by atoms with E-state index in [4.69, 9.17) is 16.3 Å². The van der Waals surface area contributed by atoms with Gasteiger partial charge in [-0.2, -0.15) is 15.2 Å². The third-order valence-electron chi connectivity index (χ3n) is 12.6. The zero-order valence-electron chi connectivity index (χ0n) is 33.3. The summed E-state index contributed by atoms with van der Waals surface area (Å²) < 4.78 is 19.4. The summed E-state index contributed by atoms with van der Waals surface area (Å²) in [4.78, 5) is 62.5. The molecule has 61 heavy (non-hydrogen) atoms. The van der Waals surface area contributed by atoms with Crippen molar-refractivity contribution in [2.24, 2.45) is 33.9 Å². The van der Waals surface area contributed by atoms with E-state index in [1.54, 1.807) is 60.7 Å². The van der Waals surface area contributed by atoms with E-state index in [1.165, 1.54) is 42.3 Å². The fraction of sp³-hybridized carbons (Fsp3) is 0.234. The number of carbonyl (C=O) groups excluding carboxylic acids is 4. The van der Waals surface area contributed by atoms with Crippen LogP contribution in [0.15, 0.2) is 137 Å². The summed E-state index contributed by atoms with van der Waals surface area (Å²) in [5.41, 5.74) is 5.64. The number of rotatable bonds is 9. The number of ether oxygens (including phenoxy) is 1. The Hall–Kier alpha value is -6.86. The van der Waals surface area contributed by atoms with E-state index in [1.807, 2.05) is 49.3 Å². The van der Waals surface area contributed by atoms with Crippen LogP contribution in [-0.2, 0) is 24.6 Å². The fourth-order valence-corrected chi connectivity index (χ4v) is 9.88. The highest BCUT2D eigenvalue weighted by molar-refractivity contribution is 6.30. The van der Waals surface area contributed by atoms with Gasteiger partial charge >= 0.3 is 0 Å². The molecule has 4 aliphatic rings. The van der Waals surface area contributed by atoms with Gasteiger partial charge in [-0.25, -0.2) is 4.39 Å². The number of phenols is 1. The van der Waals surface area contributed by atoms with E-state index in [0.29, 0.717) is 50.2 Å². The average Bonchev–Trinajstić information content (AvgIpc) is 3.64. The zero-order valence-corrected chi connectivity index (χ0v) is 34.1. The molecule has 1 saturated carbocycles. The van der Waals surface area contributed by atoms with Gasteiger partial charge in [0.15, 0.2) is 0 Å². The monoisotopic (exact) mass is 838 g/mol. The number of phenolic OH excluding ortho intramolecular Hbond substituents is 1. The highest BCUT2D eigenvalue weighted by Gasteiger charge is 2.70. The minimum absolute atomic E-state index is 0.0386. The van der Waals surface area contributed by atoms with Crippen LogP contribution in [0.25, 0.3) is 0 Å². The summed E-state index contributed by atoms with van der Waals surface area (Å²) in [6, 6.07) is 31.0. The molecule has 0 radical (unpaired) electrons. The third kappa shape index (κ3) is 6.51. The Balaban J connectivity index is 1.11. The largest absolute Gasteiger partial charge is 0.508 e. The molecule has 0 aromatic heterocycles. The number of hydrazine groups is 1. The highest BCUT2D eigenvalue weighted by Crippen LogP contribution is 2.65. The standard InChI is InChI=1S/C47H40ClFN6O6/c1-53(2)32-16-12-29(13-17-32)50-51-30-14-18-33(19-15-30)54-43(57)37-23-22-35-38(41(37)45(54)59)25-39-44(58)55(52-31-10-8-28(49)9-11-31)46(60)47(39,26-4-6-27(48)7-5-26)42(35)36-21-20-34(61-3)24-40(36)56/h4-22,24,37-39,41-42,52,56H,23,25H2,1-3H3. The summed E-state index contributed by atoms with van der Waals surface area (Å²) in [6.45, 7) is 0. The molecule has 9 rings (SSSR count). The van der Waals surface area contributed by atoms with Crippen LogP contribution in [-0.4, -0.2) is 54.9 Å². The average molecular weight is 839 g/mol. The highest BCUT2D eigenvalue weighted by atomic mass is 35.5. The van der Waals surface area contributed by atoms with E-state index in [2.05, 4.69) is 15.7 Å². The summed E-state index contributed by atoms with van der Waals surface area (Å²) in [7, 11) is 5.37. The second-order valence-electron chi connectivity index (χ2n) is 15.9. The van der Waals surface area contributed by atoms with Crippen LogP contribution in [0.4, 0.5) is 32.8 Å². The summed E-state index contributed by atoms with van der Waals surface area (Å²) in [5.74, 6) is -6.61. The van der Waals surface area contributed by atoms with Crippen LogP contribution in [0.3, 0.4) is 0 Å². The molecule has 2 heterocycles. The van der Waals surface area contributed by atoms with Gasteiger partial charge in [0.2, 0.25) is 11.8 Å². The lowest BCUT2D eigenvalue weighted by atomic mass is 9.49. The predicted octanol–water partition coefficient (Wildman–Crippen LogP) is 8.86. The summed E-state index contributed by atoms with van der Waals surface area (Å²) >= 11 is 6.39. The molecule has 0 bridgehead atoms. The van der Waals surface area contributed by atoms with Crippen molar-refractivity contribution in [1.29, 1.82) is 0 Å². The Morgan fingerprint density at radius 2 is 1.48 bits per heavy atom. The minimum atomic E-state index is -1.65. The van der Waals surface area contributed by atoms with Crippen molar-refractivity contribution >= 4 is 63.7 Å². The number of carbonyl (C=O) groups is 4. The molecular formula is C47H40ClFN6O6. The Labute approximate surface area is 355 Å². The van der Waals surface area contributed by atoms with Crippen LogP contribution in [0.1, 0.15) is 29.9 Å². The topological polar surface area (TPSA) is 144 Å². The van der Waals surface area contributed by atoms with Gasteiger partial charge in [-0.15, -0.1) is 0 Å². The molecule has 2 aliphatic carbocycles. The summed E-state index contributed by atoms with van der Waals surface area (Å²) in [5, 5.41) is 21.8. The Bertz CT molecular complexity index is 2640. The van der Waals surface area contributed by atoms with Gasteiger partial charge in [0, 0.05) is 42.4 Å². The summed E-state index contributed by atoms with van der Waals surface area (Å²) in [6.07, 6.45) is 2.13. The van der Waals surface area contributed by atoms with E-state index >= 15 is 4.79 Å². The lowest BCUT2D eigenvalue weighted by Crippen LogP contribution is -2.53. The van der Waals surface area contributed by atoms with Gasteiger partial charge < -0.3 is 14.7 Å². The first-order chi connectivity index (χ1) is 29.4. The van der Waals surface area contributed by atoms with Gasteiger partial charge in [-0.05, 0) is 115 Å². The van der Waals surface area contributed by atoms with Gasteiger partial charge in [0.1, 0.15) is 17.3 Å². The van der Waals surface area contributed by atoms with Crippen LogP contribution >= 0.6 is 11.6 Å². The fourth-order valence-electron chi connectivity index (χ4n) is 9.75. The molecule has 308 valence electrons. The SMILES string of the molecule is COc1ccc(C2C3=CCC4C(=O)N(c5ccc(N=Nc6ccc(N(C)C)cc6)cc5)C(=O)C4C3CC3C(=O)N(Nc4ccc(F)cc4)C(=O)C32c2ccc(Cl)cc2)c(O)c1. The molecule has 2 aliphatic heterocycles. The Morgan fingerprint density at radius 3 is 2.10 bits per heavy atom. The molecule has 14 heteroatoms. The number of methoxy groups -OCH3 is 1. The lowest BCUT2D eigenvalue weighted by Gasteiger charge is -2.50. The van der Waals surface area contributed by atoms with E-state index in [0.717, 1.165) is 10.7 Å². The minimum Gasteiger partial charge on any atom is -0.508 e. The second kappa shape index (κ2) is 15.3. The number of hydrogen-bond acceptors (Lipinski definition) is 10.